The number of benzene rings is 2. The molecule has 1 N–H and O–H groups in total. The quantitative estimate of drug-likeness (QED) is 0.922. The predicted octanol–water partition coefficient (Wildman–Crippen LogP) is 3.32. The fraction of sp³-hybridized carbons (Fsp3) is 0.133. The van der Waals surface area contributed by atoms with Gasteiger partial charge in [-0.2, -0.15) is 0 Å². The van der Waals surface area contributed by atoms with E-state index in [1.54, 1.807) is 48.5 Å². The Morgan fingerprint density at radius 3 is 2.30 bits per heavy atom. The van der Waals surface area contributed by atoms with E-state index in [-0.39, 0.29) is 5.75 Å². The van der Waals surface area contributed by atoms with Gasteiger partial charge in [-0.1, -0.05) is 54.1 Å². The minimum Gasteiger partial charge on any atom is -0.481 e. The molecular formula is C15H13ClO3S. The van der Waals surface area contributed by atoms with Crippen LogP contribution < -0.4 is 0 Å². The van der Waals surface area contributed by atoms with Crippen molar-refractivity contribution >= 4 is 28.4 Å². The molecule has 2 atom stereocenters. The van der Waals surface area contributed by atoms with Gasteiger partial charge in [0.05, 0.1) is 26.6 Å². The fourth-order valence-electron chi connectivity index (χ4n) is 1.87. The average molecular weight is 309 g/mol. The first-order valence-corrected chi connectivity index (χ1v) is 7.70. The fourth-order valence-corrected chi connectivity index (χ4v) is 3.59. The SMILES string of the molecule is O=C(O)C(CS(=O)c1ccccc1Cl)c1ccccc1. The molecule has 20 heavy (non-hydrogen) atoms. The van der Waals surface area contributed by atoms with Crippen LogP contribution in [0.15, 0.2) is 59.5 Å². The van der Waals surface area contributed by atoms with Gasteiger partial charge in [-0.3, -0.25) is 9.00 Å². The maximum Gasteiger partial charge on any atom is 0.311 e. The molecule has 2 unspecified atom stereocenters. The van der Waals surface area contributed by atoms with Gasteiger partial charge in [0, 0.05) is 5.75 Å². The number of hydrogen-bond donors (Lipinski definition) is 1. The normalized spacial score (nSPS) is 13.7. The van der Waals surface area contributed by atoms with Crippen LogP contribution in [-0.4, -0.2) is 21.0 Å². The van der Waals surface area contributed by atoms with Crippen molar-refractivity contribution in [1.82, 2.24) is 0 Å². The van der Waals surface area contributed by atoms with Gasteiger partial charge in [0.15, 0.2) is 0 Å². The highest BCUT2D eigenvalue weighted by atomic mass is 35.5. The second-order valence-corrected chi connectivity index (χ2v) is 6.12. The van der Waals surface area contributed by atoms with Crippen molar-refractivity contribution < 1.29 is 14.1 Å². The number of halogens is 1. The summed E-state index contributed by atoms with van der Waals surface area (Å²) in [6.45, 7) is 0. The molecule has 0 aliphatic carbocycles. The van der Waals surface area contributed by atoms with Crippen molar-refractivity contribution in [2.45, 2.75) is 10.8 Å². The topological polar surface area (TPSA) is 54.4 Å². The lowest BCUT2D eigenvalue weighted by Gasteiger charge is -2.13. The van der Waals surface area contributed by atoms with Crippen LogP contribution in [0.25, 0.3) is 0 Å². The van der Waals surface area contributed by atoms with Crippen LogP contribution in [-0.2, 0) is 15.6 Å². The molecule has 0 aliphatic heterocycles. The molecule has 0 heterocycles. The van der Waals surface area contributed by atoms with E-state index < -0.39 is 22.7 Å². The summed E-state index contributed by atoms with van der Waals surface area (Å²) in [5.41, 5.74) is 0.639. The Labute approximate surface area is 124 Å². The standard InChI is InChI=1S/C15H13ClO3S/c16-13-8-4-5-9-14(13)20(19)10-12(15(17)18)11-6-2-1-3-7-11/h1-9,12H,10H2,(H,17,18). The van der Waals surface area contributed by atoms with Gasteiger partial charge in [0.1, 0.15) is 0 Å². The zero-order chi connectivity index (χ0) is 14.5. The van der Waals surface area contributed by atoms with Crippen molar-refractivity contribution in [1.29, 1.82) is 0 Å². The Morgan fingerprint density at radius 2 is 1.70 bits per heavy atom. The molecule has 2 aromatic rings. The summed E-state index contributed by atoms with van der Waals surface area (Å²) in [6.07, 6.45) is 0. The van der Waals surface area contributed by atoms with E-state index in [1.165, 1.54) is 0 Å². The largest absolute Gasteiger partial charge is 0.481 e. The third kappa shape index (κ3) is 3.46. The molecule has 0 saturated heterocycles. The molecule has 0 fully saturated rings. The van der Waals surface area contributed by atoms with E-state index in [0.29, 0.717) is 15.5 Å². The minimum absolute atomic E-state index is 0.00306. The number of carboxylic acid groups (broad SMARTS) is 1. The smallest absolute Gasteiger partial charge is 0.311 e. The first kappa shape index (κ1) is 14.8. The molecule has 0 amide bonds. The van der Waals surface area contributed by atoms with Gasteiger partial charge in [0.25, 0.3) is 0 Å². The van der Waals surface area contributed by atoms with Crippen molar-refractivity contribution in [2.24, 2.45) is 0 Å². The lowest BCUT2D eigenvalue weighted by Crippen LogP contribution is -2.19. The van der Waals surface area contributed by atoms with Crippen molar-refractivity contribution in [3.05, 3.63) is 65.2 Å². The molecule has 3 nitrogen and oxygen atoms in total. The Kier molecular flexibility index (Phi) is 4.93. The summed E-state index contributed by atoms with van der Waals surface area (Å²) in [4.78, 5) is 11.9. The summed E-state index contributed by atoms with van der Waals surface area (Å²) < 4.78 is 12.3. The van der Waals surface area contributed by atoms with Crippen LogP contribution in [0.2, 0.25) is 5.02 Å². The summed E-state index contributed by atoms with van der Waals surface area (Å²) >= 11 is 5.99. The Bertz CT molecular complexity index is 628. The van der Waals surface area contributed by atoms with Gasteiger partial charge >= 0.3 is 5.97 Å². The first-order chi connectivity index (χ1) is 9.59. The van der Waals surface area contributed by atoms with Crippen LogP contribution in [0.1, 0.15) is 11.5 Å². The van der Waals surface area contributed by atoms with Crippen molar-refractivity contribution in [2.75, 3.05) is 5.75 Å². The highest BCUT2D eigenvalue weighted by Crippen LogP contribution is 2.24. The molecule has 0 bridgehead atoms. The third-order valence-electron chi connectivity index (χ3n) is 2.90. The average Bonchev–Trinajstić information content (AvgIpc) is 2.45. The number of aliphatic carboxylic acids is 1. The Balaban J connectivity index is 2.24. The monoisotopic (exact) mass is 308 g/mol. The maximum absolute atomic E-state index is 12.3. The van der Waals surface area contributed by atoms with Crippen LogP contribution in [0.3, 0.4) is 0 Å². The zero-order valence-electron chi connectivity index (χ0n) is 10.5. The lowest BCUT2D eigenvalue weighted by atomic mass is 10.0. The molecule has 5 heteroatoms. The van der Waals surface area contributed by atoms with Crippen molar-refractivity contribution in [3.63, 3.8) is 0 Å². The lowest BCUT2D eigenvalue weighted by molar-refractivity contribution is -0.138. The highest BCUT2D eigenvalue weighted by Gasteiger charge is 2.23. The molecule has 0 radical (unpaired) electrons. The molecule has 2 aromatic carbocycles. The highest BCUT2D eigenvalue weighted by molar-refractivity contribution is 7.85. The molecule has 0 saturated carbocycles. The zero-order valence-corrected chi connectivity index (χ0v) is 12.1. The second-order valence-electron chi connectivity index (χ2n) is 4.24. The van der Waals surface area contributed by atoms with E-state index in [9.17, 15) is 14.1 Å². The van der Waals surface area contributed by atoms with Crippen LogP contribution >= 0.6 is 11.6 Å². The Morgan fingerprint density at radius 1 is 1.10 bits per heavy atom. The molecule has 104 valence electrons. The van der Waals surface area contributed by atoms with Crippen LogP contribution in [0.5, 0.6) is 0 Å². The number of carboxylic acids is 1. The summed E-state index contributed by atoms with van der Waals surface area (Å²) in [7, 11) is -1.46. The second kappa shape index (κ2) is 6.68. The molecule has 0 aromatic heterocycles. The van der Waals surface area contributed by atoms with Gasteiger partial charge in [-0.05, 0) is 17.7 Å². The summed E-state index contributed by atoms with van der Waals surface area (Å²) in [5, 5.41) is 9.72. The van der Waals surface area contributed by atoms with Gasteiger partial charge in [-0.15, -0.1) is 0 Å². The maximum atomic E-state index is 12.3. The van der Waals surface area contributed by atoms with Gasteiger partial charge in [0.2, 0.25) is 0 Å². The number of hydrogen-bond acceptors (Lipinski definition) is 2. The van der Waals surface area contributed by atoms with Gasteiger partial charge < -0.3 is 5.11 Å². The third-order valence-corrected chi connectivity index (χ3v) is 4.82. The van der Waals surface area contributed by atoms with E-state index in [1.807, 2.05) is 6.07 Å². The molecule has 0 aliphatic rings. The molecule has 2 rings (SSSR count). The van der Waals surface area contributed by atoms with Crippen LogP contribution in [0, 0.1) is 0 Å². The number of rotatable bonds is 5. The van der Waals surface area contributed by atoms with Crippen molar-refractivity contribution in [3.8, 4) is 0 Å². The minimum atomic E-state index is -1.46. The predicted molar refractivity (Wildman–Crippen MR) is 79.5 cm³/mol. The first-order valence-electron chi connectivity index (χ1n) is 6.00. The van der Waals surface area contributed by atoms with Crippen LogP contribution in [0.4, 0.5) is 0 Å². The van der Waals surface area contributed by atoms with Gasteiger partial charge in [-0.25, -0.2) is 0 Å². The van der Waals surface area contributed by atoms with E-state index >= 15 is 0 Å². The van der Waals surface area contributed by atoms with E-state index in [4.69, 9.17) is 11.6 Å². The summed E-state index contributed by atoms with van der Waals surface area (Å²) in [5.74, 6) is -1.80. The Hall–Kier alpha value is -1.65. The number of carbonyl (C=O) groups is 1. The van der Waals surface area contributed by atoms with E-state index in [2.05, 4.69) is 0 Å². The summed E-state index contributed by atoms with van der Waals surface area (Å²) in [6, 6.07) is 15.6. The molecular weight excluding hydrogens is 296 g/mol. The molecule has 0 spiro atoms. The van der Waals surface area contributed by atoms with E-state index in [0.717, 1.165) is 0 Å².